The zero-order valence-electron chi connectivity index (χ0n) is 16.6. The molecule has 1 N–H and O–H groups in total. The minimum atomic E-state index is -4.67. The summed E-state index contributed by atoms with van der Waals surface area (Å²) in [5.41, 5.74) is 1.99. The van der Waals surface area contributed by atoms with E-state index >= 15 is 0 Å². The average Bonchev–Trinajstić information content (AvgIpc) is 3.19. The van der Waals surface area contributed by atoms with Gasteiger partial charge in [-0.25, -0.2) is 4.68 Å². The number of aromatic nitrogens is 3. The van der Waals surface area contributed by atoms with E-state index in [2.05, 4.69) is 15.4 Å². The van der Waals surface area contributed by atoms with Gasteiger partial charge in [0.2, 0.25) is 5.95 Å². The maximum absolute atomic E-state index is 13.3. The van der Waals surface area contributed by atoms with Crippen LogP contribution in [0.2, 0.25) is 5.02 Å². The first kappa shape index (κ1) is 21.0. The van der Waals surface area contributed by atoms with Crippen LogP contribution in [0.1, 0.15) is 29.9 Å². The van der Waals surface area contributed by atoms with E-state index in [1.165, 1.54) is 11.8 Å². The van der Waals surface area contributed by atoms with Gasteiger partial charge < -0.3 is 14.8 Å². The molecule has 0 aliphatic carbocycles. The van der Waals surface area contributed by atoms with Crippen molar-refractivity contribution in [1.29, 1.82) is 0 Å². The van der Waals surface area contributed by atoms with Crippen molar-refractivity contribution in [2.24, 2.45) is 0 Å². The number of rotatable bonds is 5. The molecule has 1 aromatic heterocycles. The van der Waals surface area contributed by atoms with E-state index in [0.717, 1.165) is 5.56 Å². The summed E-state index contributed by atoms with van der Waals surface area (Å²) < 4.78 is 52.0. The summed E-state index contributed by atoms with van der Waals surface area (Å²) in [5, 5.41) is 7.20. The molecule has 1 atom stereocenters. The maximum atomic E-state index is 13.3. The molecule has 0 saturated heterocycles. The summed E-state index contributed by atoms with van der Waals surface area (Å²) in [6, 6.07) is 11.5. The van der Waals surface area contributed by atoms with Crippen LogP contribution in [0.25, 0.3) is 5.70 Å². The van der Waals surface area contributed by atoms with Crippen molar-refractivity contribution in [2.45, 2.75) is 19.1 Å². The molecule has 2 heterocycles. The Morgan fingerprint density at radius 1 is 1.13 bits per heavy atom. The highest BCUT2D eigenvalue weighted by Crippen LogP contribution is 2.38. The molecular formula is C21H18ClF3N4O2. The number of ether oxygens (including phenoxy) is 2. The molecule has 0 bridgehead atoms. The van der Waals surface area contributed by atoms with Gasteiger partial charge in [0.05, 0.1) is 13.7 Å². The van der Waals surface area contributed by atoms with Gasteiger partial charge in [-0.1, -0.05) is 29.8 Å². The maximum Gasteiger partial charge on any atom is 0.453 e. The number of methoxy groups -OCH3 is 1. The normalized spacial score (nSPS) is 15.7. The number of fused-ring (bicyclic) bond motifs is 1. The van der Waals surface area contributed by atoms with Crippen molar-refractivity contribution in [3.8, 4) is 11.5 Å². The lowest BCUT2D eigenvalue weighted by Gasteiger charge is -2.25. The Balaban J connectivity index is 1.83. The molecule has 2 aromatic carbocycles. The van der Waals surface area contributed by atoms with Gasteiger partial charge in [-0.2, -0.15) is 18.2 Å². The van der Waals surface area contributed by atoms with Crippen LogP contribution in [0.4, 0.5) is 19.1 Å². The molecule has 4 rings (SSSR count). The van der Waals surface area contributed by atoms with Gasteiger partial charge in [0.15, 0.2) is 11.5 Å². The molecule has 6 nitrogen and oxygen atoms in total. The SMILES string of the molecule is CCOc1ccc(C2C=C(c3ccc(Cl)cc3)Nc3nc(C(F)(F)F)nn32)cc1OC. The second-order valence-electron chi connectivity index (χ2n) is 6.70. The van der Waals surface area contributed by atoms with E-state index in [-0.39, 0.29) is 5.95 Å². The average molecular weight is 451 g/mol. The summed E-state index contributed by atoms with van der Waals surface area (Å²) in [6.45, 7) is 2.30. The number of hydrogen-bond acceptors (Lipinski definition) is 5. The number of hydrogen-bond donors (Lipinski definition) is 1. The standard InChI is InChI=1S/C21H18ClF3N4O2/c1-3-31-17-9-6-13(10-18(17)30-2)16-11-15(12-4-7-14(22)8-5-12)26-20-27-19(21(23,24)25)28-29(16)20/h4-11,16H,3H2,1-2H3,(H,26,27,28). The fourth-order valence-electron chi connectivity index (χ4n) is 3.29. The summed E-state index contributed by atoms with van der Waals surface area (Å²) in [5.74, 6) is -0.224. The summed E-state index contributed by atoms with van der Waals surface area (Å²) in [6.07, 6.45) is -2.90. The molecule has 0 amide bonds. The van der Waals surface area contributed by atoms with Crippen LogP contribution < -0.4 is 14.8 Å². The Morgan fingerprint density at radius 3 is 2.52 bits per heavy atom. The number of nitrogens with one attached hydrogen (secondary N) is 1. The van der Waals surface area contributed by atoms with Gasteiger partial charge in [0.25, 0.3) is 5.82 Å². The number of halogens is 4. The molecule has 1 aliphatic heterocycles. The first-order chi connectivity index (χ1) is 14.8. The first-order valence-electron chi connectivity index (χ1n) is 9.39. The summed E-state index contributed by atoms with van der Waals surface area (Å²) in [4.78, 5) is 3.67. The molecule has 0 fully saturated rings. The molecule has 3 aromatic rings. The predicted octanol–water partition coefficient (Wildman–Crippen LogP) is 5.41. The van der Waals surface area contributed by atoms with E-state index in [4.69, 9.17) is 21.1 Å². The van der Waals surface area contributed by atoms with Crippen molar-refractivity contribution < 1.29 is 22.6 Å². The fraction of sp³-hybridized carbons (Fsp3) is 0.238. The smallest absolute Gasteiger partial charge is 0.453 e. The van der Waals surface area contributed by atoms with E-state index < -0.39 is 18.0 Å². The second kappa shape index (κ2) is 8.14. The lowest BCUT2D eigenvalue weighted by molar-refractivity contribution is -0.145. The van der Waals surface area contributed by atoms with Crippen molar-refractivity contribution in [3.05, 3.63) is 70.5 Å². The van der Waals surface area contributed by atoms with Crippen LogP contribution in [0.3, 0.4) is 0 Å². The molecule has 31 heavy (non-hydrogen) atoms. The minimum absolute atomic E-state index is 0.0161. The Morgan fingerprint density at radius 2 is 1.87 bits per heavy atom. The van der Waals surface area contributed by atoms with Crippen LogP contribution in [-0.2, 0) is 6.18 Å². The predicted molar refractivity (Wildman–Crippen MR) is 110 cm³/mol. The molecular weight excluding hydrogens is 433 g/mol. The third kappa shape index (κ3) is 4.18. The highest BCUT2D eigenvalue weighted by molar-refractivity contribution is 6.30. The monoisotopic (exact) mass is 450 g/mol. The summed E-state index contributed by atoms with van der Waals surface area (Å²) in [7, 11) is 1.50. The number of benzene rings is 2. The zero-order chi connectivity index (χ0) is 22.2. The van der Waals surface area contributed by atoms with Gasteiger partial charge in [-0.3, -0.25) is 0 Å². The van der Waals surface area contributed by atoms with Crippen molar-refractivity contribution in [1.82, 2.24) is 14.8 Å². The molecule has 10 heteroatoms. The number of anilines is 1. The van der Waals surface area contributed by atoms with Gasteiger partial charge in [0.1, 0.15) is 6.04 Å². The highest BCUT2D eigenvalue weighted by Gasteiger charge is 2.39. The Hall–Kier alpha value is -3.20. The van der Waals surface area contributed by atoms with Crippen molar-refractivity contribution in [3.63, 3.8) is 0 Å². The lowest BCUT2D eigenvalue weighted by atomic mass is 10.0. The molecule has 0 spiro atoms. The van der Waals surface area contributed by atoms with Crippen molar-refractivity contribution >= 4 is 23.2 Å². The Kier molecular flexibility index (Phi) is 5.53. The van der Waals surface area contributed by atoms with Crippen LogP contribution in [-0.4, -0.2) is 28.5 Å². The third-order valence-electron chi connectivity index (χ3n) is 4.70. The molecule has 0 radical (unpaired) electrons. The van der Waals surface area contributed by atoms with Crippen LogP contribution in [0.15, 0.2) is 48.5 Å². The Labute approximate surface area is 181 Å². The number of alkyl halides is 3. The van der Waals surface area contributed by atoms with Gasteiger partial charge in [-0.05, 0) is 48.4 Å². The molecule has 162 valence electrons. The quantitative estimate of drug-likeness (QED) is 0.563. The largest absolute Gasteiger partial charge is 0.493 e. The first-order valence-corrected chi connectivity index (χ1v) is 9.77. The third-order valence-corrected chi connectivity index (χ3v) is 4.96. The fourth-order valence-corrected chi connectivity index (χ4v) is 3.42. The van der Waals surface area contributed by atoms with E-state index in [1.807, 2.05) is 6.92 Å². The van der Waals surface area contributed by atoms with Gasteiger partial charge in [0, 0.05) is 10.7 Å². The van der Waals surface area contributed by atoms with Crippen LogP contribution >= 0.6 is 11.6 Å². The second-order valence-corrected chi connectivity index (χ2v) is 7.14. The van der Waals surface area contributed by atoms with E-state index in [9.17, 15) is 13.2 Å². The molecule has 0 saturated carbocycles. The topological polar surface area (TPSA) is 61.2 Å². The van der Waals surface area contributed by atoms with E-state index in [0.29, 0.717) is 34.4 Å². The number of allylic oxidation sites excluding steroid dienone is 1. The number of nitrogens with zero attached hydrogens (tertiary/aromatic N) is 3. The highest BCUT2D eigenvalue weighted by atomic mass is 35.5. The molecule has 1 unspecified atom stereocenters. The minimum Gasteiger partial charge on any atom is -0.493 e. The van der Waals surface area contributed by atoms with Crippen LogP contribution in [0.5, 0.6) is 11.5 Å². The summed E-state index contributed by atoms with van der Waals surface area (Å²) >= 11 is 5.97. The lowest BCUT2D eigenvalue weighted by Crippen LogP contribution is -2.20. The van der Waals surface area contributed by atoms with Crippen molar-refractivity contribution in [2.75, 3.05) is 19.0 Å². The van der Waals surface area contributed by atoms with Gasteiger partial charge in [-0.15, -0.1) is 5.10 Å². The zero-order valence-corrected chi connectivity index (χ0v) is 17.3. The molecule has 1 aliphatic rings. The Bertz CT molecular complexity index is 1130. The van der Waals surface area contributed by atoms with E-state index in [1.54, 1.807) is 48.5 Å². The van der Waals surface area contributed by atoms with Gasteiger partial charge >= 0.3 is 6.18 Å². The van der Waals surface area contributed by atoms with Crippen LogP contribution in [0, 0.1) is 0 Å².